The van der Waals surface area contributed by atoms with E-state index in [-0.39, 0.29) is 12.6 Å². The first-order chi connectivity index (χ1) is 6.83. The van der Waals surface area contributed by atoms with Crippen molar-refractivity contribution in [2.75, 3.05) is 6.61 Å². The lowest BCUT2D eigenvalue weighted by Crippen LogP contribution is -2.26. The molecule has 0 spiro atoms. The van der Waals surface area contributed by atoms with Crippen molar-refractivity contribution >= 4 is 7.82 Å². The summed E-state index contributed by atoms with van der Waals surface area (Å²) in [4.78, 5) is 28.3. The Kier molecular flexibility index (Phi) is 6.34. The molecule has 0 radical (unpaired) electrons. The molecule has 0 aliphatic carbocycles. The Labute approximate surface area is 86.0 Å². The largest absolute Gasteiger partial charge is 0.466 e. The first-order valence-corrected chi connectivity index (χ1v) is 5.51. The summed E-state index contributed by atoms with van der Waals surface area (Å²) in [5, 5.41) is 8.57. The summed E-state index contributed by atoms with van der Waals surface area (Å²) in [6.45, 7) is 0.0129. The fourth-order valence-electron chi connectivity index (χ4n) is 0.743. The van der Waals surface area contributed by atoms with Crippen molar-refractivity contribution in [1.29, 1.82) is 0 Å². The summed E-state index contributed by atoms with van der Waals surface area (Å²) in [5.74, 6) is 0. The van der Waals surface area contributed by atoms with Crippen LogP contribution in [-0.4, -0.2) is 42.4 Å². The number of aromatic nitrogens is 2. The van der Waals surface area contributed by atoms with Gasteiger partial charge in [0, 0.05) is 24.4 Å². The van der Waals surface area contributed by atoms with Crippen LogP contribution in [0, 0.1) is 0 Å². The van der Waals surface area contributed by atoms with Gasteiger partial charge in [0.25, 0.3) is 0 Å². The fourth-order valence-corrected chi connectivity index (χ4v) is 0.743. The van der Waals surface area contributed by atoms with Crippen LogP contribution >= 0.6 is 7.82 Å². The second kappa shape index (κ2) is 6.67. The van der Waals surface area contributed by atoms with Crippen LogP contribution in [0.3, 0.4) is 0 Å². The van der Waals surface area contributed by atoms with E-state index in [4.69, 9.17) is 30.1 Å². The first kappa shape index (κ1) is 14.2. The Balaban J connectivity index is 0.000000336. The lowest BCUT2D eigenvalue weighted by atomic mass is 10.2. The molecule has 0 aromatic carbocycles. The zero-order chi connectivity index (χ0) is 11.9. The standard InChI is InChI=1S/C6H11N3O.H3O4P/c7-5(3-10)1-6-2-8-4-9-6;1-5(2,3)4/h2,4-5,10H,1,3,7H2,(H,8,9);(H3,1,2,3,4)/t5-;/m0./s1. The van der Waals surface area contributed by atoms with Crippen molar-refractivity contribution in [3.63, 3.8) is 0 Å². The van der Waals surface area contributed by atoms with Crippen LogP contribution in [0.4, 0.5) is 0 Å². The number of H-pyrrole nitrogens is 1. The zero-order valence-corrected chi connectivity index (χ0v) is 8.71. The maximum atomic E-state index is 8.88. The summed E-state index contributed by atoms with van der Waals surface area (Å²) in [6, 6.07) is -0.180. The lowest BCUT2D eigenvalue weighted by Gasteiger charge is -2.03. The maximum Gasteiger partial charge on any atom is 0.466 e. The molecule has 0 saturated carbocycles. The van der Waals surface area contributed by atoms with E-state index >= 15 is 0 Å². The number of hydrogen-bond donors (Lipinski definition) is 6. The van der Waals surface area contributed by atoms with Gasteiger partial charge >= 0.3 is 7.82 Å². The van der Waals surface area contributed by atoms with Crippen LogP contribution in [0.5, 0.6) is 0 Å². The second-order valence-electron chi connectivity index (χ2n) is 2.74. The van der Waals surface area contributed by atoms with E-state index in [1.165, 1.54) is 0 Å². The number of aromatic amines is 1. The van der Waals surface area contributed by atoms with Gasteiger partial charge in [-0.05, 0) is 0 Å². The van der Waals surface area contributed by atoms with E-state index in [9.17, 15) is 0 Å². The number of aliphatic hydroxyl groups is 1. The minimum absolute atomic E-state index is 0.0129. The van der Waals surface area contributed by atoms with Crippen LogP contribution in [0.2, 0.25) is 0 Å². The molecule has 0 fully saturated rings. The number of aliphatic hydroxyl groups excluding tert-OH is 1. The van der Waals surface area contributed by atoms with Gasteiger partial charge in [0.1, 0.15) is 0 Å². The molecular formula is C6H14N3O5P. The molecule has 1 atom stereocenters. The van der Waals surface area contributed by atoms with Gasteiger partial charge in [0.2, 0.25) is 0 Å². The highest BCUT2D eigenvalue weighted by Gasteiger charge is 2.01. The highest BCUT2D eigenvalue weighted by Crippen LogP contribution is 2.25. The molecule has 0 amide bonds. The van der Waals surface area contributed by atoms with Gasteiger partial charge in [0.05, 0.1) is 12.9 Å². The molecule has 1 aromatic heterocycles. The minimum Gasteiger partial charge on any atom is -0.395 e. The topological polar surface area (TPSA) is 153 Å². The van der Waals surface area contributed by atoms with Crippen LogP contribution in [0.15, 0.2) is 12.5 Å². The fraction of sp³-hybridized carbons (Fsp3) is 0.500. The average Bonchev–Trinajstić information content (AvgIpc) is 2.53. The summed E-state index contributed by atoms with van der Waals surface area (Å²) in [6.07, 6.45) is 3.95. The van der Waals surface area contributed by atoms with Gasteiger partial charge in [-0.3, -0.25) is 0 Å². The van der Waals surface area contributed by atoms with Gasteiger partial charge in [-0.15, -0.1) is 0 Å². The number of hydrogen-bond acceptors (Lipinski definition) is 4. The minimum atomic E-state index is -4.64. The molecule has 0 unspecified atom stereocenters. The second-order valence-corrected chi connectivity index (χ2v) is 3.76. The Morgan fingerprint density at radius 2 is 2.07 bits per heavy atom. The maximum absolute atomic E-state index is 8.88. The molecular weight excluding hydrogens is 225 g/mol. The predicted octanol–water partition coefficient (Wildman–Crippen LogP) is -1.66. The molecule has 1 heterocycles. The highest BCUT2D eigenvalue weighted by atomic mass is 31.2. The van der Waals surface area contributed by atoms with Crippen molar-refractivity contribution in [2.45, 2.75) is 12.5 Å². The van der Waals surface area contributed by atoms with E-state index in [0.29, 0.717) is 6.42 Å². The number of imidazole rings is 1. The summed E-state index contributed by atoms with van der Waals surface area (Å²) < 4.78 is 8.88. The zero-order valence-electron chi connectivity index (χ0n) is 7.82. The van der Waals surface area contributed by atoms with Crippen molar-refractivity contribution in [3.05, 3.63) is 18.2 Å². The summed E-state index contributed by atoms with van der Waals surface area (Å²) in [5.41, 5.74) is 6.43. The van der Waals surface area contributed by atoms with Crippen LogP contribution in [0.25, 0.3) is 0 Å². The number of phosphoric acid groups is 1. The van der Waals surface area contributed by atoms with E-state index in [2.05, 4.69) is 9.97 Å². The summed E-state index contributed by atoms with van der Waals surface area (Å²) in [7, 11) is -4.64. The number of rotatable bonds is 3. The quantitative estimate of drug-likeness (QED) is 0.345. The molecule has 0 aliphatic heterocycles. The van der Waals surface area contributed by atoms with Crippen LogP contribution in [0.1, 0.15) is 5.69 Å². The molecule has 0 saturated heterocycles. The molecule has 9 heteroatoms. The van der Waals surface area contributed by atoms with Crippen LogP contribution in [-0.2, 0) is 11.0 Å². The SMILES string of the molecule is N[C@H](CO)Cc1cnc[nH]1.O=P(O)(O)O. The van der Waals surface area contributed by atoms with Gasteiger partial charge in [-0.2, -0.15) is 0 Å². The van der Waals surface area contributed by atoms with Crippen molar-refractivity contribution in [1.82, 2.24) is 9.97 Å². The molecule has 1 aromatic rings. The summed E-state index contributed by atoms with van der Waals surface area (Å²) >= 11 is 0. The third-order valence-electron chi connectivity index (χ3n) is 1.27. The molecule has 88 valence electrons. The molecule has 0 aliphatic rings. The van der Waals surface area contributed by atoms with Crippen LogP contribution < -0.4 is 5.73 Å². The molecule has 0 bridgehead atoms. The Bertz CT molecular complexity index is 289. The van der Waals surface area contributed by atoms with E-state index in [1.54, 1.807) is 12.5 Å². The first-order valence-electron chi connectivity index (χ1n) is 3.95. The predicted molar refractivity (Wildman–Crippen MR) is 51.6 cm³/mol. The van der Waals surface area contributed by atoms with E-state index in [1.807, 2.05) is 0 Å². The van der Waals surface area contributed by atoms with Crippen molar-refractivity contribution < 1.29 is 24.4 Å². The molecule has 15 heavy (non-hydrogen) atoms. The van der Waals surface area contributed by atoms with Gasteiger partial charge < -0.3 is 30.5 Å². The monoisotopic (exact) mass is 239 g/mol. The Morgan fingerprint density at radius 3 is 2.40 bits per heavy atom. The van der Waals surface area contributed by atoms with Gasteiger partial charge in [-0.1, -0.05) is 0 Å². The Morgan fingerprint density at radius 1 is 1.53 bits per heavy atom. The third kappa shape index (κ3) is 11.2. The molecule has 8 nitrogen and oxygen atoms in total. The number of nitrogens with zero attached hydrogens (tertiary/aromatic N) is 1. The van der Waals surface area contributed by atoms with E-state index < -0.39 is 7.82 Å². The smallest absolute Gasteiger partial charge is 0.395 e. The third-order valence-corrected chi connectivity index (χ3v) is 1.27. The number of nitrogens with one attached hydrogen (secondary N) is 1. The van der Waals surface area contributed by atoms with Gasteiger partial charge in [0.15, 0.2) is 0 Å². The van der Waals surface area contributed by atoms with Crippen molar-refractivity contribution in [3.8, 4) is 0 Å². The highest BCUT2D eigenvalue weighted by molar-refractivity contribution is 7.45. The lowest BCUT2D eigenvalue weighted by molar-refractivity contribution is 0.264. The average molecular weight is 239 g/mol. The molecule has 1 rings (SSSR count). The normalized spacial score (nSPS) is 12.9. The van der Waals surface area contributed by atoms with Crippen molar-refractivity contribution in [2.24, 2.45) is 5.73 Å². The Hall–Kier alpha value is -0.760. The molecule has 7 N–H and O–H groups in total. The van der Waals surface area contributed by atoms with Gasteiger partial charge in [-0.25, -0.2) is 9.55 Å². The van der Waals surface area contributed by atoms with E-state index in [0.717, 1.165) is 5.69 Å². The number of nitrogens with two attached hydrogens (primary N) is 1.